The molecule has 0 spiro atoms. The smallest absolute Gasteiger partial charge is 0.368 e. The zero-order chi connectivity index (χ0) is 21.6. The number of hydrogen-bond acceptors (Lipinski definition) is 4. The molecule has 9 heteroatoms. The van der Waals surface area contributed by atoms with Crippen LogP contribution in [0.1, 0.15) is 75.4 Å². The molecule has 1 N–H and O–H groups in total. The first-order chi connectivity index (χ1) is 14.2. The molecule has 0 bridgehead atoms. The maximum absolute atomic E-state index is 14.2. The van der Waals surface area contributed by atoms with Crippen molar-refractivity contribution in [1.82, 2.24) is 0 Å². The Morgan fingerprint density at radius 3 is 2.53 bits per heavy atom. The normalized spacial score (nSPS) is 19.2. The van der Waals surface area contributed by atoms with Crippen molar-refractivity contribution in [2.24, 2.45) is 5.92 Å². The van der Waals surface area contributed by atoms with Crippen molar-refractivity contribution in [2.75, 3.05) is 5.32 Å². The van der Waals surface area contributed by atoms with Crippen LogP contribution in [0.4, 0.5) is 22.6 Å². The zero-order valence-electron chi connectivity index (χ0n) is 16.1. The first kappa shape index (κ1) is 21.0. The van der Waals surface area contributed by atoms with E-state index in [0.29, 0.717) is 17.2 Å². The molecule has 160 valence electrons. The van der Waals surface area contributed by atoms with Crippen LogP contribution in [-0.4, -0.2) is 11.7 Å². The molecule has 1 aliphatic carbocycles. The number of hydrogen-bond donors (Lipinski definition) is 1. The summed E-state index contributed by atoms with van der Waals surface area (Å²) in [5.41, 5.74) is -1.46. The van der Waals surface area contributed by atoms with Crippen LogP contribution in [0.5, 0.6) is 0 Å². The van der Waals surface area contributed by atoms with Crippen LogP contribution in [0, 0.1) is 11.7 Å². The van der Waals surface area contributed by atoms with Gasteiger partial charge in [0.05, 0.1) is 29.4 Å². The third kappa shape index (κ3) is 3.65. The summed E-state index contributed by atoms with van der Waals surface area (Å²) in [6.07, 6.45) is -1.92. The largest absolute Gasteiger partial charge is 0.417 e. The summed E-state index contributed by atoms with van der Waals surface area (Å²) in [5.74, 6) is -2.82. The van der Waals surface area contributed by atoms with Gasteiger partial charge in [-0.2, -0.15) is 13.2 Å². The highest BCUT2D eigenvalue weighted by molar-refractivity contribution is 7.17. The summed E-state index contributed by atoms with van der Waals surface area (Å²) < 4.78 is 59.7. The van der Waals surface area contributed by atoms with Crippen LogP contribution in [0.15, 0.2) is 18.2 Å². The molecule has 1 aromatic heterocycles. The Morgan fingerprint density at radius 1 is 1.17 bits per heavy atom. The van der Waals surface area contributed by atoms with Crippen LogP contribution < -0.4 is 5.32 Å². The topological polar surface area (TPSA) is 55.4 Å². The number of amides is 1. The van der Waals surface area contributed by atoms with Gasteiger partial charge in [0.15, 0.2) is 5.78 Å². The summed E-state index contributed by atoms with van der Waals surface area (Å²) in [6, 6.07) is 2.37. The number of ketones is 1. The van der Waals surface area contributed by atoms with Gasteiger partial charge in [-0.1, -0.05) is 18.9 Å². The summed E-state index contributed by atoms with van der Waals surface area (Å²) in [7, 11) is 0. The van der Waals surface area contributed by atoms with Gasteiger partial charge in [0.25, 0.3) is 5.91 Å². The molecule has 4 nitrogen and oxygen atoms in total. The third-order valence-corrected chi connectivity index (χ3v) is 6.73. The molecule has 1 atom stereocenters. The second-order valence-corrected chi connectivity index (χ2v) is 8.66. The van der Waals surface area contributed by atoms with Crippen molar-refractivity contribution in [3.05, 3.63) is 51.1 Å². The molecule has 1 fully saturated rings. The first-order valence-electron chi connectivity index (χ1n) is 9.67. The number of carbonyl (C=O) groups excluding carboxylic acids is 2. The Bertz CT molecular complexity index is 1010. The van der Waals surface area contributed by atoms with Crippen LogP contribution in [-0.2, 0) is 17.5 Å². The van der Waals surface area contributed by atoms with Gasteiger partial charge in [-0.3, -0.25) is 9.59 Å². The molecule has 1 aromatic carbocycles. The van der Waals surface area contributed by atoms with Crippen LogP contribution >= 0.6 is 11.3 Å². The summed E-state index contributed by atoms with van der Waals surface area (Å²) in [5, 5.41) is 2.56. The minimum absolute atomic E-state index is 0.137. The number of ether oxygens (including phenoxy) is 1. The Labute approximate surface area is 174 Å². The number of Topliss-reactive ketones (excluding diaryl/α,β-unsaturated/α-hetero) is 1. The van der Waals surface area contributed by atoms with E-state index in [0.717, 1.165) is 54.0 Å². The summed E-state index contributed by atoms with van der Waals surface area (Å²) in [4.78, 5) is 26.7. The SMILES string of the molecule is CC1OCc2sc(NC(=O)c3c(F)cccc3C(F)(F)F)c(C(=O)C3CCCC3)c21. The lowest BCUT2D eigenvalue weighted by Crippen LogP contribution is -2.22. The Morgan fingerprint density at radius 2 is 1.87 bits per heavy atom. The van der Waals surface area contributed by atoms with Gasteiger partial charge in [0.2, 0.25) is 0 Å². The van der Waals surface area contributed by atoms with Crippen LogP contribution in [0.25, 0.3) is 0 Å². The molecule has 2 aromatic rings. The molecule has 0 saturated heterocycles. The van der Waals surface area contributed by atoms with Gasteiger partial charge >= 0.3 is 6.18 Å². The maximum Gasteiger partial charge on any atom is 0.417 e. The fourth-order valence-corrected chi connectivity index (χ4v) is 5.40. The number of fused-ring (bicyclic) bond motifs is 1. The van der Waals surface area contributed by atoms with Gasteiger partial charge in [0.1, 0.15) is 10.8 Å². The van der Waals surface area contributed by atoms with Crippen molar-refractivity contribution in [3.8, 4) is 0 Å². The highest BCUT2D eigenvalue weighted by Crippen LogP contribution is 2.46. The molecule has 1 unspecified atom stereocenters. The fraction of sp³-hybridized carbons (Fsp3) is 0.429. The zero-order valence-corrected chi connectivity index (χ0v) is 16.9. The lowest BCUT2D eigenvalue weighted by atomic mass is 9.93. The lowest BCUT2D eigenvalue weighted by Gasteiger charge is -2.16. The molecule has 30 heavy (non-hydrogen) atoms. The molecule has 4 rings (SSSR count). The Kier molecular flexibility index (Phi) is 5.44. The molecule has 1 amide bonds. The standard InChI is InChI=1S/C21H19F4NO3S/c1-10-15-14(9-29-10)30-20(17(15)18(27)11-5-2-3-6-11)26-19(28)16-12(21(23,24)25)7-4-8-13(16)22/h4,7-8,10-11H,2-3,5-6,9H2,1H3,(H,26,28). The van der Waals surface area contributed by atoms with E-state index in [1.54, 1.807) is 6.92 Å². The van der Waals surface area contributed by atoms with Gasteiger partial charge in [0, 0.05) is 16.4 Å². The number of rotatable bonds is 4. The predicted molar refractivity (Wildman–Crippen MR) is 103 cm³/mol. The van der Waals surface area contributed by atoms with E-state index in [2.05, 4.69) is 5.32 Å². The highest BCUT2D eigenvalue weighted by Gasteiger charge is 2.39. The van der Waals surface area contributed by atoms with E-state index in [1.165, 1.54) is 0 Å². The molecule has 2 heterocycles. The highest BCUT2D eigenvalue weighted by atomic mass is 32.1. The number of halogens is 4. The molecular weight excluding hydrogens is 422 g/mol. The summed E-state index contributed by atoms with van der Waals surface area (Å²) >= 11 is 1.10. The number of carbonyl (C=O) groups is 2. The number of benzene rings is 1. The minimum Gasteiger partial charge on any atom is -0.368 e. The number of alkyl halides is 3. The second-order valence-electron chi connectivity index (χ2n) is 7.56. The molecule has 1 saturated carbocycles. The van der Waals surface area contributed by atoms with Crippen LogP contribution in [0.3, 0.4) is 0 Å². The van der Waals surface area contributed by atoms with E-state index in [1.807, 2.05) is 0 Å². The third-order valence-electron chi connectivity index (χ3n) is 5.64. The van der Waals surface area contributed by atoms with E-state index in [-0.39, 0.29) is 29.4 Å². The molecule has 1 aliphatic heterocycles. The average Bonchev–Trinajstić information content (AvgIpc) is 3.39. The lowest BCUT2D eigenvalue weighted by molar-refractivity contribution is -0.138. The Hall–Kier alpha value is -2.26. The van der Waals surface area contributed by atoms with E-state index in [4.69, 9.17) is 4.74 Å². The number of thiophene rings is 1. The van der Waals surface area contributed by atoms with Gasteiger partial charge < -0.3 is 10.1 Å². The second kappa shape index (κ2) is 7.77. The molecular formula is C21H19F4NO3S. The van der Waals surface area contributed by atoms with E-state index >= 15 is 0 Å². The number of nitrogens with one attached hydrogen (secondary N) is 1. The van der Waals surface area contributed by atoms with Crippen molar-refractivity contribution in [1.29, 1.82) is 0 Å². The van der Waals surface area contributed by atoms with Crippen molar-refractivity contribution >= 4 is 28.0 Å². The number of anilines is 1. The fourth-order valence-electron chi connectivity index (χ4n) is 4.19. The maximum atomic E-state index is 14.2. The monoisotopic (exact) mass is 441 g/mol. The van der Waals surface area contributed by atoms with Gasteiger partial charge in [-0.25, -0.2) is 4.39 Å². The quantitative estimate of drug-likeness (QED) is 0.459. The van der Waals surface area contributed by atoms with Crippen molar-refractivity contribution < 1.29 is 31.9 Å². The van der Waals surface area contributed by atoms with Crippen molar-refractivity contribution in [2.45, 2.75) is 51.5 Å². The van der Waals surface area contributed by atoms with E-state index in [9.17, 15) is 27.2 Å². The minimum atomic E-state index is -4.89. The Balaban J connectivity index is 1.74. The molecule has 0 radical (unpaired) electrons. The first-order valence-corrected chi connectivity index (χ1v) is 10.5. The van der Waals surface area contributed by atoms with Crippen LogP contribution in [0.2, 0.25) is 0 Å². The van der Waals surface area contributed by atoms with Crippen molar-refractivity contribution in [3.63, 3.8) is 0 Å². The summed E-state index contributed by atoms with van der Waals surface area (Å²) in [6.45, 7) is 2.05. The molecule has 2 aliphatic rings. The van der Waals surface area contributed by atoms with Gasteiger partial charge in [-0.05, 0) is 31.9 Å². The average molecular weight is 441 g/mol. The van der Waals surface area contributed by atoms with E-state index < -0.39 is 29.0 Å². The predicted octanol–water partition coefficient (Wildman–Crippen LogP) is 6.12. The van der Waals surface area contributed by atoms with Gasteiger partial charge in [-0.15, -0.1) is 11.3 Å².